The van der Waals surface area contributed by atoms with E-state index in [1.54, 1.807) is 12.4 Å². The number of carboxylic acid groups (broad SMARTS) is 1. The summed E-state index contributed by atoms with van der Waals surface area (Å²) in [4.78, 5) is 23.3. The van der Waals surface area contributed by atoms with Crippen molar-refractivity contribution in [2.24, 2.45) is 11.8 Å². The Morgan fingerprint density at radius 1 is 1.35 bits per heavy atom. The molecule has 1 saturated carbocycles. The topological polar surface area (TPSA) is 72.5 Å². The Balaban J connectivity index is 1.62. The molecule has 1 aromatic heterocycles. The highest BCUT2D eigenvalue weighted by Gasteiger charge is 2.31. The summed E-state index contributed by atoms with van der Waals surface area (Å²) in [5.74, 6) is 0.731. The molecule has 3 rings (SSSR count). The van der Waals surface area contributed by atoms with Crippen LogP contribution in [0.25, 0.3) is 0 Å². The predicted molar refractivity (Wildman–Crippen MR) is 74.2 cm³/mol. The lowest BCUT2D eigenvalue weighted by atomic mass is 10.1. The summed E-state index contributed by atoms with van der Waals surface area (Å²) in [7, 11) is 0. The quantitative estimate of drug-likeness (QED) is 0.827. The van der Waals surface area contributed by atoms with Gasteiger partial charge >= 0.3 is 5.97 Å². The lowest BCUT2D eigenvalue weighted by molar-refractivity contribution is -0.142. The molecule has 1 atom stereocenters. The average Bonchev–Trinajstić information content (AvgIpc) is 3.13. The van der Waals surface area contributed by atoms with Gasteiger partial charge in [0.15, 0.2) is 0 Å². The first-order valence-electron chi connectivity index (χ1n) is 7.36. The van der Waals surface area contributed by atoms with Gasteiger partial charge in [-0.05, 0) is 18.8 Å². The number of hydrogen-bond acceptors (Lipinski definition) is 4. The van der Waals surface area contributed by atoms with E-state index in [1.165, 1.54) is 12.8 Å². The van der Waals surface area contributed by atoms with Crippen molar-refractivity contribution in [1.82, 2.24) is 19.8 Å². The number of aromatic amines is 1. The van der Waals surface area contributed by atoms with E-state index in [4.69, 9.17) is 0 Å². The molecule has 20 heavy (non-hydrogen) atoms. The monoisotopic (exact) mass is 278 g/mol. The molecule has 1 aromatic rings. The summed E-state index contributed by atoms with van der Waals surface area (Å²) in [6.45, 7) is 4.93. The van der Waals surface area contributed by atoms with E-state index in [0.29, 0.717) is 19.6 Å². The van der Waals surface area contributed by atoms with Crippen molar-refractivity contribution in [3.05, 3.63) is 18.2 Å². The highest BCUT2D eigenvalue weighted by atomic mass is 16.4. The molecule has 0 radical (unpaired) electrons. The minimum Gasteiger partial charge on any atom is -0.481 e. The third kappa shape index (κ3) is 3.58. The first-order valence-corrected chi connectivity index (χ1v) is 7.36. The minimum absolute atomic E-state index is 0.300. The molecular weight excluding hydrogens is 256 g/mol. The molecule has 2 N–H and O–H groups in total. The van der Waals surface area contributed by atoms with Crippen LogP contribution in [0, 0.1) is 11.8 Å². The summed E-state index contributed by atoms with van der Waals surface area (Å²) in [6.07, 6.45) is 6.16. The van der Waals surface area contributed by atoms with E-state index in [0.717, 1.165) is 31.4 Å². The van der Waals surface area contributed by atoms with Crippen LogP contribution in [0.5, 0.6) is 0 Å². The highest BCUT2D eigenvalue weighted by Crippen LogP contribution is 2.30. The van der Waals surface area contributed by atoms with Crippen LogP contribution >= 0.6 is 0 Å². The number of imidazole rings is 1. The normalized spacial score (nSPS) is 25.5. The summed E-state index contributed by atoms with van der Waals surface area (Å²) in [5, 5.41) is 9.40. The molecule has 0 amide bonds. The lowest BCUT2D eigenvalue weighted by Crippen LogP contribution is -2.35. The van der Waals surface area contributed by atoms with Gasteiger partial charge in [-0.2, -0.15) is 0 Å². The van der Waals surface area contributed by atoms with Crippen LogP contribution in [0.3, 0.4) is 0 Å². The van der Waals surface area contributed by atoms with Gasteiger partial charge in [-0.3, -0.25) is 9.69 Å². The Kier molecular flexibility index (Phi) is 4.03. The second kappa shape index (κ2) is 5.93. The number of carboxylic acids is 1. The number of H-pyrrole nitrogens is 1. The van der Waals surface area contributed by atoms with Crippen LogP contribution in [0.1, 0.15) is 18.7 Å². The highest BCUT2D eigenvalue weighted by molar-refractivity contribution is 5.70. The van der Waals surface area contributed by atoms with Crippen molar-refractivity contribution < 1.29 is 9.90 Å². The van der Waals surface area contributed by atoms with Gasteiger partial charge in [-0.25, -0.2) is 4.98 Å². The van der Waals surface area contributed by atoms with Crippen LogP contribution in [0.15, 0.2) is 12.4 Å². The second-order valence-electron chi connectivity index (χ2n) is 6.01. The second-order valence-corrected chi connectivity index (χ2v) is 6.01. The van der Waals surface area contributed by atoms with Gasteiger partial charge in [0.1, 0.15) is 5.82 Å². The fourth-order valence-electron chi connectivity index (χ4n) is 2.87. The number of carbonyl (C=O) groups is 1. The van der Waals surface area contributed by atoms with Crippen molar-refractivity contribution in [2.45, 2.75) is 19.4 Å². The zero-order valence-electron chi connectivity index (χ0n) is 11.7. The van der Waals surface area contributed by atoms with Crippen molar-refractivity contribution >= 4 is 5.97 Å². The number of rotatable bonds is 5. The third-order valence-corrected chi connectivity index (χ3v) is 4.18. The Bertz CT molecular complexity index is 444. The van der Waals surface area contributed by atoms with Crippen LogP contribution in [-0.2, 0) is 11.3 Å². The zero-order chi connectivity index (χ0) is 13.9. The van der Waals surface area contributed by atoms with Crippen LogP contribution in [-0.4, -0.2) is 63.6 Å². The molecule has 0 aromatic carbocycles. The van der Waals surface area contributed by atoms with E-state index in [-0.39, 0.29) is 5.92 Å². The predicted octanol–water partition coefficient (Wildman–Crippen LogP) is 0.638. The molecule has 2 heterocycles. The Labute approximate surface area is 118 Å². The first-order chi connectivity index (χ1) is 9.70. The van der Waals surface area contributed by atoms with Crippen molar-refractivity contribution in [3.8, 4) is 0 Å². The van der Waals surface area contributed by atoms with Crippen molar-refractivity contribution in [2.75, 3.05) is 32.7 Å². The number of nitrogens with one attached hydrogen (secondary N) is 1. The minimum atomic E-state index is -0.683. The van der Waals surface area contributed by atoms with Crippen LogP contribution < -0.4 is 0 Å². The SMILES string of the molecule is O=C(O)[C@@H]1CN(Cc2ncc[nH]2)CCN(CC2CC2)C1. The standard InChI is InChI=1S/C14H22N4O2/c19-14(20)12-8-17(7-11-1-2-11)5-6-18(9-12)10-13-15-3-4-16-13/h3-4,11-12H,1-2,5-10H2,(H,15,16)(H,19,20)/t12-/m0/s1. The van der Waals surface area contributed by atoms with Gasteiger partial charge in [0, 0.05) is 45.1 Å². The molecule has 1 aliphatic carbocycles. The maximum atomic E-state index is 11.4. The van der Waals surface area contributed by atoms with E-state index < -0.39 is 5.97 Å². The summed E-state index contributed by atoms with van der Waals surface area (Å²) in [6, 6.07) is 0. The van der Waals surface area contributed by atoms with Gasteiger partial charge in [-0.15, -0.1) is 0 Å². The van der Waals surface area contributed by atoms with Gasteiger partial charge in [0.2, 0.25) is 0 Å². The summed E-state index contributed by atoms with van der Waals surface area (Å²) >= 11 is 0. The number of hydrogen-bond donors (Lipinski definition) is 2. The zero-order valence-corrected chi connectivity index (χ0v) is 11.7. The molecule has 6 nitrogen and oxygen atoms in total. The van der Waals surface area contributed by atoms with E-state index in [1.807, 2.05) is 0 Å². The molecule has 2 aliphatic rings. The van der Waals surface area contributed by atoms with Gasteiger partial charge in [0.25, 0.3) is 0 Å². The Hall–Kier alpha value is -1.40. The van der Waals surface area contributed by atoms with Gasteiger partial charge in [-0.1, -0.05) is 0 Å². The lowest BCUT2D eigenvalue weighted by Gasteiger charge is -2.21. The maximum Gasteiger partial charge on any atom is 0.309 e. The van der Waals surface area contributed by atoms with E-state index >= 15 is 0 Å². The molecule has 1 saturated heterocycles. The van der Waals surface area contributed by atoms with Crippen molar-refractivity contribution in [3.63, 3.8) is 0 Å². The molecule has 1 aliphatic heterocycles. The fourth-order valence-corrected chi connectivity index (χ4v) is 2.87. The molecule has 110 valence electrons. The van der Waals surface area contributed by atoms with Gasteiger partial charge in [0.05, 0.1) is 12.5 Å². The number of nitrogens with zero attached hydrogens (tertiary/aromatic N) is 3. The molecule has 6 heteroatoms. The first kappa shape index (κ1) is 13.6. The van der Waals surface area contributed by atoms with Crippen molar-refractivity contribution in [1.29, 1.82) is 0 Å². The van der Waals surface area contributed by atoms with Crippen LogP contribution in [0.4, 0.5) is 0 Å². The molecule has 0 bridgehead atoms. The molecular formula is C14H22N4O2. The van der Waals surface area contributed by atoms with E-state index in [2.05, 4.69) is 19.8 Å². The average molecular weight is 278 g/mol. The molecule has 0 spiro atoms. The largest absolute Gasteiger partial charge is 0.481 e. The third-order valence-electron chi connectivity index (χ3n) is 4.18. The van der Waals surface area contributed by atoms with Crippen LogP contribution in [0.2, 0.25) is 0 Å². The summed E-state index contributed by atoms with van der Waals surface area (Å²) < 4.78 is 0. The smallest absolute Gasteiger partial charge is 0.309 e. The maximum absolute atomic E-state index is 11.4. The van der Waals surface area contributed by atoms with Gasteiger partial charge < -0.3 is 15.0 Å². The fraction of sp³-hybridized carbons (Fsp3) is 0.714. The molecule has 0 unspecified atom stereocenters. The Morgan fingerprint density at radius 2 is 2.10 bits per heavy atom. The number of aromatic nitrogens is 2. The summed E-state index contributed by atoms with van der Waals surface area (Å²) in [5.41, 5.74) is 0. The Morgan fingerprint density at radius 3 is 2.75 bits per heavy atom. The molecule has 2 fully saturated rings. The number of aliphatic carboxylic acids is 1. The van der Waals surface area contributed by atoms with E-state index in [9.17, 15) is 9.90 Å².